The van der Waals surface area contributed by atoms with Gasteiger partial charge in [0.1, 0.15) is 0 Å². The minimum atomic E-state index is 0.0346. The molecular formula is C15H28N2O. The third-order valence-electron chi connectivity index (χ3n) is 4.59. The molecule has 2 rings (SSSR count). The molecule has 0 bridgehead atoms. The number of carbonyl (C=O) groups is 1. The molecule has 2 atom stereocenters. The standard InChI is InChI=1S/C15H28N2O/c1-5-7-15(8-9-15)10-17-12(6-2)16-13(11(3)4)14(17)18/h11-13,16H,5-10H2,1-4H3. The van der Waals surface area contributed by atoms with Gasteiger partial charge >= 0.3 is 0 Å². The number of nitrogens with one attached hydrogen (secondary N) is 1. The van der Waals surface area contributed by atoms with Gasteiger partial charge in [-0.1, -0.05) is 34.1 Å². The van der Waals surface area contributed by atoms with Crippen LogP contribution >= 0.6 is 0 Å². The summed E-state index contributed by atoms with van der Waals surface area (Å²) in [6.45, 7) is 9.65. The second kappa shape index (κ2) is 5.20. The van der Waals surface area contributed by atoms with E-state index in [1.165, 1.54) is 25.7 Å². The second-order valence-corrected chi connectivity index (χ2v) is 6.53. The van der Waals surface area contributed by atoms with Gasteiger partial charge in [0.15, 0.2) is 0 Å². The molecule has 0 spiro atoms. The number of hydrogen-bond donors (Lipinski definition) is 1. The van der Waals surface area contributed by atoms with Crippen molar-refractivity contribution in [3.8, 4) is 0 Å². The van der Waals surface area contributed by atoms with E-state index in [0.717, 1.165) is 13.0 Å². The van der Waals surface area contributed by atoms with Crippen molar-refractivity contribution in [1.29, 1.82) is 0 Å². The van der Waals surface area contributed by atoms with Crippen molar-refractivity contribution in [2.45, 2.75) is 72.0 Å². The molecule has 0 aromatic heterocycles. The number of hydrogen-bond acceptors (Lipinski definition) is 2. The van der Waals surface area contributed by atoms with Crippen LogP contribution in [0.1, 0.15) is 59.8 Å². The summed E-state index contributed by atoms with van der Waals surface area (Å²) >= 11 is 0. The first-order valence-electron chi connectivity index (χ1n) is 7.59. The van der Waals surface area contributed by atoms with Gasteiger partial charge in [-0.05, 0) is 37.0 Å². The summed E-state index contributed by atoms with van der Waals surface area (Å²) in [7, 11) is 0. The third kappa shape index (κ3) is 2.56. The lowest BCUT2D eigenvalue weighted by Crippen LogP contribution is -2.40. The fourth-order valence-electron chi connectivity index (χ4n) is 3.26. The minimum Gasteiger partial charge on any atom is -0.325 e. The second-order valence-electron chi connectivity index (χ2n) is 6.53. The molecule has 104 valence electrons. The quantitative estimate of drug-likeness (QED) is 0.788. The summed E-state index contributed by atoms with van der Waals surface area (Å²) in [6.07, 6.45) is 6.41. The molecule has 1 heterocycles. The summed E-state index contributed by atoms with van der Waals surface area (Å²) in [6, 6.07) is 0.0346. The SMILES string of the molecule is CCCC1(CN2C(=O)C(C(C)C)NC2CC)CC1. The average Bonchev–Trinajstić information content (AvgIpc) is 3.00. The summed E-state index contributed by atoms with van der Waals surface area (Å²) in [5, 5.41) is 3.51. The number of amides is 1. The summed E-state index contributed by atoms with van der Waals surface area (Å²) in [5.41, 5.74) is 0.464. The van der Waals surface area contributed by atoms with Crippen LogP contribution in [0.5, 0.6) is 0 Å². The van der Waals surface area contributed by atoms with E-state index in [-0.39, 0.29) is 12.2 Å². The predicted octanol–water partition coefficient (Wildman–Crippen LogP) is 2.76. The van der Waals surface area contributed by atoms with E-state index >= 15 is 0 Å². The fraction of sp³-hybridized carbons (Fsp3) is 0.933. The molecule has 3 heteroatoms. The Labute approximate surface area is 111 Å². The van der Waals surface area contributed by atoms with Crippen molar-refractivity contribution in [3.63, 3.8) is 0 Å². The van der Waals surface area contributed by atoms with Crippen LogP contribution in [0.4, 0.5) is 0 Å². The van der Waals surface area contributed by atoms with Crippen LogP contribution in [0, 0.1) is 11.3 Å². The van der Waals surface area contributed by atoms with E-state index in [4.69, 9.17) is 0 Å². The maximum absolute atomic E-state index is 12.5. The Morgan fingerprint density at radius 3 is 2.50 bits per heavy atom. The Balaban J connectivity index is 2.04. The Hall–Kier alpha value is -0.570. The van der Waals surface area contributed by atoms with Gasteiger partial charge in [0.25, 0.3) is 0 Å². The Morgan fingerprint density at radius 1 is 1.39 bits per heavy atom. The first kappa shape index (κ1) is 13.9. The lowest BCUT2D eigenvalue weighted by Gasteiger charge is -2.28. The Kier molecular flexibility index (Phi) is 4.00. The smallest absolute Gasteiger partial charge is 0.241 e. The molecule has 2 fully saturated rings. The fourth-order valence-corrected chi connectivity index (χ4v) is 3.26. The van der Waals surface area contributed by atoms with Gasteiger partial charge in [0.2, 0.25) is 5.91 Å². The van der Waals surface area contributed by atoms with Crippen LogP contribution in [0.15, 0.2) is 0 Å². The van der Waals surface area contributed by atoms with Crippen molar-refractivity contribution in [2.24, 2.45) is 11.3 Å². The molecule has 1 aliphatic heterocycles. The Morgan fingerprint density at radius 2 is 2.06 bits per heavy atom. The minimum absolute atomic E-state index is 0.0346. The molecule has 0 radical (unpaired) electrons. The van der Waals surface area contributed by atoms with Crippen LogP contribution in [0.2, 0.25) is 0 Å². The molecule has 1 amide bonds. The molecule has 3 nitrogen and oxygen atoms in total. The molecule has 0 aromatic rings. The van der Waals surface area contributed by atoms with E-state index in [2.05, 4.69) is 37.9 Å². The third-order valence-corrected chi connectivity index (χ3v) is 4.59. The van der Waals surface area contributed by atoms with Crippen molar-refractivity contribution >= 4 is 5.91 Å². The molecule has 1 aliphatic carbocycles. The number of carbonyl (C=O) groups excluding carboxylic acids is 1. The first-order valence-corrected chi connectivity index (χ1v) is 7.59. The topological polar surface area (TPSA) is 32.3 Å². The van der Waals surface area contributed by atoms with Gasteiger partial charge in [0, 0.05) is 6.54 Å². The molecule has 1 saturated carbocycles. The van der Waals surface area contributed by atoms with Crippen LogP contribution < -0.4 is 5.32 Å². The molecule has 2 aliphatic rings. The number of nitrogens with zero attached hydrogens (tertiary/aromatic N) is 1. The summed E-state index contributed by atoms with van der Waals surface area (Å²) < 4.78 is 0. The van der Waals surface area contributed by atoms with Gasteiger partial charge in [-0.3, -0.25) is 10.1 Å². The van der Waals surface area contributed by atoms with E-state index in [1.807, 2.05) is 0 Å². The van der Waals surface area contributed by atoms with Crippen molar-refractivity contribution in [1.82, 2.24) is 10.2 Å². The van der Waals surface area contributed by atoms with E-state index in [1.54, 1.807) is 0 Å². The van der Waals surface area contributed by atoms with Crippen molar-refractivity contribution in [2.75, 3.05) is 6.54 Å². The zero-order chi connectivity index (χ0) is 13.3. The molecule has 1 N–H and O–H groups in total. The zero-order valence-electron chi connectivity index (χ0n) is 12.3. The molecule has 2 unspecified atom stereocenters. The highest BCUT2D eigenvalue weighted by Gasteiger charge is 2.48. The highest BCUT2D eigenvalue weighted by Crippen LogP contribution is 2.50. The van der Waals surface area contributed by atoms with Crippen LogP contribution in [-0.2, 0) is 4.79 Å². The summed E-state index contributed by atoms with van der Waals surface area (Å²) in [5.74, 6) is 0.720. The van der Waals surface area contributed by atoms with Crippen molar-refractivity contribution in [3.05, 3.63) is 0 Å². The van der Waals surface area contributed by atoms with Gasteiger partial charge < -0.3 is 4.90 Å². The van der Waals surface area contributed by atoms with Gasteiger partial charge in [0.05, 0.1) is 12.2 Å². The van der Waals surface area contributed by atoms with Crippen LogP contribution in [0.25, 0.3) is 0 Å². The van der Waals surface area contributed by atoms with E-state index in [0.29, 0.717) is 17.2 Å². The van der Waals surface area contributed by atoms with Crippen LogP contribution in [0.3, 0.4) is 0 Å². The lowest BCUT2D eigenvalue weighted by atomic mass is 9.99. The Bertz CT molecular complexity index is 310. The van der Waals surface area contributed by atoms with Crippen LogP contribution in [-0.4, -0.2) is 29.6 Å². The average molecular weight is 252 g/mol. The van der Waals surface area contributed by atoms with Gasteiger partial charge in [-0.15, -0.1) is 0 Å². The normalized spacial score (nSPS) is 30.3. The highest BCUT2D eigenvalue weighted by molar-refractivity contribution is 5.84. The lowest BCUT2D eigenvalue weighted by molar-refractivity contribution is -0.131. The molecule has 0 aromatic carbocycles. The number of rotatable bonds is 6. The maximum Gasteiger partial charge on any atom is 0.241 e. The van der Waals surface area contributed by atoms with E-state index in [9.17, 15) is 4.79 Å². The maximum atomic E-state index is 12.5. The van der Waals surface area contributed by atoms with Gasteiger partial charge in [-0.25, -0.2) is 0 Å². The molecule has 18 heavy (non-hydrogen) atoms. The van der Waals surface area contributed by atoms with Gasteiger partial charge in [-0.2, -0.15) is 0 Å². The largest absolute Gasteiger partial charge is 0.325 e. The van der Waals surface area contributed by atoms with Crippen molar-refractivity contribution < 1.29 is 4.79 Å². The van der Waals surface area contributed by atoms with E-state index < -0.39 is 0 Å². The summed E-state index contributed by atoms with van der Waals surface area (Å²) in [4.78, 5) is 14.6. The predicted molar refractivity (Wildman–Crippen MR) is 74.1 cm³/mol. The zero-order valence-corrected chi connectivity index (χ0v) is 12.3. The molecule has 1 saturated heterocycles. The molecular weight excluding hydrogens is 224 g/mol. The highest BCUT2D eigenvalue weighted by atomic mass is 16.2. The first-order chi connectivity index (χ1) is 8.53. The monoisotopic (exact) mass is 252 g/mol.